The number of benzene rings is 1. The van der Waals surface area contributed by atoms with Crippen LogP contribution in [0.1, 0.15) is 5.56 Å². The molecule has 12 heavy (non-hydrogen) atoms. The Labute approximate surface area is 71.8 Å². The van der Waals surface area contributed by atoms with E-state index in [1.54, 1.807) is 18.2 Å². The van der Waals surface area contributed by atoms with Crippen molar-refractivity contribution in [1.82, 2.24) is 0 Å². The SMILES string of the molecule is COc1ccc(C)c(B(O)O)c1. The molecule has 0 unspecified atom stereocenters. The van der Waals surface area contributed by atoms with Crippen molar-refractivity contribution in [2.45, 2.75) is 6.92 Å². The highest BCUT2D eigenvalue weighted by molar-refractivity contribution is 6.59. The molecule has 0 fully saturated rings. The minimum Gasteiger partial charge on any atom is -0.497 e. The lowest BCUT2D eigenvalue weighted by atomic mass is 9.77. The van der Waals surface area contributed by atoms with Gasteiger partial charge in [0.15, 0.2) is 0 Å². The summed E-state index contributed by atoms with van der Waals surface area (Å²) in [6.07, 6.45) is 0. The van der Waals surface area contributed by atoms with E-state index in [4.69, 9.17) is 14.8 Å². The van der Waals surface area contributed by atoms with Crippen molar-refractivity contribution in [1.29, 1.82) is 0 Å². The van der Waals surface area contributed by atoms with Crippen LogP contribution in [0, 0.1) is 6.92 Å². The first-order valence-electron chi connectivity index (χ1n) is 3.66. The van der Waals surface area contributed by atoms with Gasteiger partial charge in [-0.1, -0.05) is 11.6 Å². The molecule has 4 heteroatoms. The average molecular weight is 166 g/mol. The van der Waals surface area contributed by atoms with E-state index in [1.165, 1.54) is 7.11 Å². The van der Waals surface area contributed by atoms with Crippen LogP contribution in [0.4, 0.5) is 0 Å². The van der Waals surface area contributed by atoms with E-state index in [1.807, 2.05) is 6.92 Å². The van der Waals surface area contributed by atoms with Crippen LogP contribution in [0.15, 0.2) is 18.2 Å². The summed E-state index contributed by atoms with van der Waals surface area (Å²) in [5.41, 5.74) is 1.32. The van der Waals surface area contributed by atoms with Crippen molar-refractivity contribution >= 4 is 12.6 Å². The first kappa shape index (κ1) is 9.10. The molecule has 1 aromatic carbocycles. The van der Waals surface area contributed by atoms with Gasteiger partial charge in [-0.2, -0.15) is 0 Å². The zero-order valence-corrected chi connectivity index (χ0v) is 7.11. The summed E-state index contributed by atoms with van der Waals surface area (Å²) < 4.78 is 4.94. The van der Waals surface area contributed by atoms with Gasteiger partial charge in [-0.25, -0.2) is 0 Å². The highest BCUT2D eigenvalue weighted by Gasteiger charge is 2.14. The first-order valence-corrected chi connectivity index (χ1v) is 3.66. The van der Waals surface area contributed by atoms with Gasteiger partial charge < -0.3 is 14.8 Å². The molecule has 1 rings (SSSR count). The number of ether oxygens (including phenoxy) is 1. The molecule has 0 aliphatic rings. The summed E-state index contributed by atoms with van der Waals surface area (Å²) in [5.74, 6) is 0.628. The van der Waals surface area contributed by atoms with Crippen molar-refractivity contribution in [2.24, 2.45) is 0 Å². The summed E-state index contributed by atoms with van der Waals surface area (Å²) >= 11 is 0. The molecule has 0 aromatic heterocycles. The minimum absolute atomic E-state index is 0.481. The van der Waals surface area contributed by atoms with E-state index in [2.05, 4.69) is 0 Å². The fraction of sp³-hybridized carbons (Fsp3) is 0.250. The van der Waals surface area contributed by atoms with E-state index < -0.39 is 7.12 Å². The molecule has 0 saturated heterocycles. The predicted octanol–water partition coefficient (Wildman–Crippen LogP) is -0.317. The lowest BCUT2D eigenvalue weighted by molar-refractivity contribution is 0.412. The molecular formula is C8H11BO3. The van der Waals surface area contributed by atoms with Crippen LogP contribution in [-0.4, -0.2) is 24.3 Å². The van der Waals surface area contributed by atoms with E-state index in [0.717, 1.165) is 5.56 Å². The maximum Gasteiger partial charge on any atom is 0.488 e. The van der Waals surface area contributed by atoms with E-state index in [0.29, 0.717) is 11.2 Å². The third-order valence-corrected chi connectivity index (χ3v) is 1.76. The van der Waals surface area contributed by atoms with Gasteiger partial charge in [0.05, 0.1) is 7.11 Å². The number of hydrogen-bond acceptors (Lipinski definition) is 3. The maximum absolute atomic E-state index is 8.92. The molecule has 0 radical (unpaired) electrons. The molecular weight excluding hydrogens is 155 g/mol. The largest absolute Gasteiger partial charge is 0.497 e. The second kappa shape index (κ2) is 3.60. The Bertz CT molecular complexity index is 273. The zero-order valence-electron chi connectivity index (χ0n) is 7.11. The van der Waals surface area contributed by atoms with Crippen LogP contribution < -0.4 is 10.2 Å². The van der Waals surface area contributed by atoms with E-state index >= 15 is 0 Å². The molecule has 0 aliphatic heterocycles. The third kappa shape index (κ3) is 1.78. The molecule has 0 amide bonds. The Balaban J connectivity index is 3.08. The van der Waals surface area contributed by atoms with Crippen LogP contribution in [0.5, 0.6) is 5.75 Å². The second-order valence-corrected chi connectivity index (χ2v) is 2.60. The average Bonchev–Trinajstić information content (AvgIpc) is 2.05. The summed E-state index contributed by atoms with van der Waals surface area (Å²) in [6, 6.07) is 5.18. The lowest BCUT2D eigenvalue weighted by Gasteiger charge is -2.06. The van der Waals surface area contributed by atoms with Gasteiger partial charge in [-0.3, -0.25) is 0 Å². The van der Waals surface area contributed by atoms with Gasteiger partial charge in [-0.15, -0.1) is 0 Å². The van der Waals surface area contributed by atoms with Gasteiger partial charge in [0, 0.05) is 0 Å². The standard InChI is InChI=1S/C8H11BO3/c1-6-3-4-7(12-2)5-8(6)9(10)11/h3-5,10-11H,1-2H3. The molecule has 0 aliphatic carbocycles. The molecule has 0 bridgehead atoms. The van der Waals surface area contributed by atoms with Crippen LogP contribution in [0.25, 0.3) is 0 Å². The predicted molar refractivity (Wildman–Crippen MR) is 47.6 cm³/mol. The van der Waals surface area contributed by atoms with Gasteiger partial charge >= 0.3 is 7.12 Å². The lowest BCUT2D eigenvalue weighted by Crippen LogP contribution is -2.31. The molecule has 0 heterocycles. The number of rotatable bonds is 2. The second-order valence-electron chi connectivity index (χ2n) is 2.60. The van der Waals surface area contributed by atoms with Crippen LogP contribution in [0.3, 0.4) is 0 Å². The van der Waals surface area contributed by atoms with Crippen molar-refractivity contribution in [3.05, 3.63) is 23.8 Å². The molecule has 2 N–H and O–H groups in total. The maximum atomic E-state index is 8.92. The number of aryl methyl sites for hydroxylation is 1. The normalized spacial score (nSPS) is 9.67. The smallest absolute Gasteiger partial charge is 0.488 e. The fourth-order valence-electron chi connectivity index (χ4n) is 1.02. The van der Waals surface area contributed by atoms with Crippen molar-refractivity contribution in [3.63, 3.8) is 0 Å². The molecule has 3 nitrogen and oxygen atoms in total. The van der Waals surface area contributed by atoms with Gasteiger partial charge in [0.2, 0.25) is 0 Å². The molecule has 0 saturated carbocycles. The Kier molecular flexibility index (Phi) is 2.73. The Morgan fingerprint density at radius 2 is 2.00 bits per heavy atom. The molecule has 64 valence electrons. The summed E-state index contributed by atoms with van der Waals surface area (Å²) in [4.78, 5) is 0. The van der Waals surface area contributed by atoms with Gasteiger partial charge in [0.25, 0.3) is 0 Å². The number of methoxy groups -OCH3 is 1. The Morgan fingerprint density at radius 1 is 1.33 bits per heavy atom. The number of hydrogen-bond donors (Lipinski definition) is 2. The summed E-state index contributed by atoms with van der Waals surface area (Å²) in [7, 11) is 0.109. The Hall–Kier alpha value is -0.995. The minimum atomic E-state index is -1.43. The van der Waals surface area contributed by atoms with Crippen LogP contribution in [-0.2, 0) is 0 Å². The van der Waals surface area contributed by atoms with Crippen molar-refractivity contribution in [2.75, 3.05) is 7.11 Å². The highest BCUT2D eigenvalue weighted by atomic mass is 16.5. The summed E-state index contributed by atoms with van der Waals surface area (Å²) in [6.45, 7) is 1.81. The van der Waals surface area contributed by atoms with Crippen molar-refractivity contribution < 1.29 is 14.8 Å². The van der Waals surface area contributed by atoms with Crippen LogP contribution >= 0.6 is 0 Å². The fourth-order valence-corrected chi connectivity index (χ4v) is 1.02. The first-order chi connectivity index (χ1) is 5.65. The van der Waals surface area contributed by atoms with E-state index in [9.17, 15) is 0 Å². The topological polar surface area (TPSA) is 49.7 Å². The molecule has 0 spiro atoms. The molecule has 1 aromatic rings. The monoisotopic (exact) mass is 166 g/mol. The van der Waals surface area contributed by atoms with Crippen molar-refractivity contribution in [3.8, 4) is 5.75 Å². The van der Waals surface area contributed by atoms with Crippen LogP contribution in [0.2, 0.25) is 0 Å². The third-order valence-electron chi connectivity index (χ3n) is 1.76. The van der Waals surface area contributed by atoms with Gasteiger partial charge in [-0.05, 0) is 24.5 Å². The quantitative estimate of drug-likeness (QED) is 0.592. The molecule has 0 atom stereocenters. The Morgan fingerprint density at radius 3 is 2.50 bits per heavy atom. The van der Waals surface area contributed by atoms with E-state index in [-0.39, 0.29) is 0 Å². The zero-order chi connectivity index (χ0) is 9.14. The summed E-state index contributed by atoms with van der Waals surface area (Å²) in [5, 5.41) is 17.8. The highest BCUT2D eigenvalue weighted by Crippen LogP contribution is 2.08. The van der Waals surface area contributed by atoms with Gasteiger partial charge in [0.1, 0.15) is 5.75 Å².